The van der Waals surface area contributed by atoms with Crippen molar-refractivity contribution >= 4 is 17.5 Å². The SMILES string of the molecule is CNC(=O)c1ccc(C)c(NC(=O)CCCCCCN)c1. The molecule has 5 nitrogen and oxygen atoms in total. The smallest absolute Gasteiger partial charge is 0.251 e. The summed E-state index contributed by atoms with van der Waals surface area (Å²) in [6.07, 6.45) is 4.44. The van der Waals surface area contributed by atoms with E-state index in [0.717, 1.165) is 31.2 Å². The lowest BCUT2D eigenvalue weighted by Gasteiger charge is -2.10. The maximum atomic E-state index is 11.9. The number of benzene rings is 1. The average Bonchev–Trinajstić information content (AvgIpc) is 2.48. The second-order valence-corrected chi connectivity index (χ2v) is 5.11. The normalized spacial score (nSPS) is 10.2. The predicted octanol–water partition coefficient (Wildman–Crippen LogP) is 2.20. The number of nitrogens with two attached hydrogens (primary N) is 1. The van der Waals surface area contributed by atoms with Gasteiger partial charge < -0.3 is 16.4 Å². The molecule has 0 spiro atoms. The third kappa shape index (κ3) is 5.95. The van der Waals surface area contributed by atoms with Gasteiger partial charge in [-0.25, -0.2) is 0 Å². The molecule has 1 rings (SSSR count). The molecule has 1 aromatic rings. The first-order valence-electron chi connectivity index (χ1n) is 7.41. The van der Waals surface area contributed by atoms with E-state index in [1.807, 2.05) is 13.0 Å². The summed E-state index contributed by atoms with van der Waals surface area (Å²) in [6, 6.07) is 5.29. The van der Waals surface area contributed by atoms with Crippen molar-refractivity contribution in [2.24, 2.45) is 5.73 Å². The molecule has 0 saturated carbocycles. The highest BCUT2D eigenvalue weighted by Crippen LogP contribution is 2.17. The number of hydrogen-bond donors (Lipinski definition) is 3. The monoisotopic (exact) mass is 291 g/mol. The van der Waals surface area contributed by atoms with Gasteiger partial charge in [-0.3, -0.25) is 9.59 Å². The molecule has 0 aliphatic carbocycles. The van der Waals surface area contributed by atoms with Crippen LogP contribution in [0.25, 0.3) is 0 Å². The van der Waals surface area contributed by atoms with Crippen LogP contribution < -0.4 is 16.4 Å². The fourth-order valence-corrected chi connectivity index (χ4v) is 2.04. The van der Waals surface area contributed by atoms with E-state index in [1.54, 1.807) is 19.2 Å². The molecule has 0 fully saturated rings. The predicted molar refractivity (Wildman–Crippen MR) is 85.3 cm³/mol. The van der Waals surface area contributed by atoms with Crippen LogP contribution >= 0.6 is 0 Å². The summed E-state index contributed by atoms with van der Waals surface area (Å²) in [5.41, 5.74) is 7.61. The van der Waals surface area contributed by atoms with E-state index in [2.05, 4.69) is 10.6 Å². The number of carbonyl (C=O) groups excluding carboxylic acids is 2. The molecule has 0 unspecified atom stereocenters. The van der Waals surface area contributed by atoms with Gasteiger partial charge in [-0.1, -0.05) is 18.9 Å². The Morgan fingerprint density at radius 1 is 1.14 bits per heavy atom. The zero-order chi connectivity index (χ0) is 15.7. The number of carbonyl (C=O) groups is 2. The lowest BCUT2D eigenvalue weighted by atomic mass is 10.1. The summed E-state index contributed by atoms with van der Waals surface area (Å²) in [6.45, 7) is 2.61. The van der Waals surface area contributed by atoms with E-state index in [0.29, 0.717) is 24.2 Å². The number of nitrogens with one attached hydrogen (secondary N) is 2. The number of unbranched alkanes of at least 4 members (excludes halogenated alkanes) is 3. The zero-order valence-electron chi connectivity index (χ0n) is 12.9. The summed E-state index contributed by atoms with van der Waals surface area (Å²) in [4.78, 5) is 23.5. The van der Waals surface area contributed by atoms with Gasteiger partial charge in [0.1, 0.15) is 0 Å². The van der Waals surface area contributed by atoms with Crippen molar-refractivity contribution in [3.8, 4) is 0 Å². The highest BCUT2D eigenvalue weighted by atomic mass is 16.2. The van der Waals surface area contributed by atoms with E-state index in [9.17, 15) is 9.59 Å². The van der Waals surface area contributed by atoms with Crippen molar-refractivity contribution < 1.29 is 9.59 Å². The van der Waals surface area contributed by atoms with Gasteiger partial charge in [0.2, 0.25) is 5.91 Å². The van der Waals surface area contributed by atoms with Crippen molar-refractivity contribution in [3.05, 3.63) is 29.3 Å². The number of hydrogen-bond acceptors (Lipinski definition) is 3. The number of aryl methyl sites for hydroxylation is 1. The van der Waals surface area contributed by atoms with Gasteiger partial charge in [-0.2, -0.15) is 0 Å². The van der Waals surface area contributed by atoms with Crippen molar-refractivity contribution in [2.45, 2.75) is 39.0 Å². The van der Waals surface area contributed by atoms with Crippen molar-refractivity contribution in [3.63, 3.8) is 0 Å². The maximum Gasteiger partial charge on any atom is 0.251 e. The molecule has 21 heavy (non-hydrogen) atoms. The van der Waals surface area contributed by atoms with Gasteiger partial charge in [-0.15, -0.1) is 0 Å². The first-order chi connectivity index (χ1) is 10.1. The molecule has 0 radical (unpaired) electrons. The lowest BCUT2D eigenvalue weighted by molar-refractivity contribution is -0.116. The fraction of sp³-hybridized carbons (Fsp3) is 0.500. The summed E-state index contributed by atoms with van der Waals surface area (Å²) in [7, 11) is 1.59. The van der Waals surface area contributed by atoms with E-state index >= 15 is 0 Å². The summed E-state index contributed by atoms with van der Waals surface area (Å²) >= 11 is 0. The Balaban J connectivity index is 2.53. The topological polar surface area (TPSA) is 84.2 Å². The second kappa shape index (κ2) is 9.13. The van der Waals surface area contributed by atoms with Crippen LogP contribution in [0.4, 0.5) is 5.69 Å². The average molecular weight is 291 g/mol. The molecule has 0 aliphatic heterocycles. The van der Waals surface area contributed by atoms with Gasteiger partial charge in [0.15, 0.2) is 0 Å². The molecule has 0 saturated heterocycles. The second-order valence-electron chi connectivity index (χ2n) is 5.11. The minimum atomic E-state index is -0.160. The number of amides is 2. The quantitative estimate of drug-likeness (QED) is 0.642. The van der Waals surface area contributed by atoms with E-state index in [4.69, 9.17) is 5.73 Å². The third-order valence-electron chi connectivity index (χ3n) is 3.36. The lowest BCUT2D eigenvalue weighted by Crippen LogP contribution is -2.19. The van der Waals surface area contributed by atoms with Gasteiger partial charge in [0.25, 0.3) is 5.91 Å². The molecular weight excluding hydrogens is 266 g/mol. The van der Waals surface area contributed by atoms with E-state index in [-0.39, 0.29) is 11.8 Å². The summed E-state index contributed by atoms with van der Waals surface area (Å²) in [5, 5.41) is 5.45. The molecule has 5 heteroatoms. The van der Waals surface area contributed by atoms with E-state index in [1.165, 1.54) is 0 Å². The van der Waals surface area contributed by atoms with Crippen LogP contribution in [0.3, 0.4) is 0 Å². The molecule has 4 N–H and O–H groups in total. The van der Waals surface area contributed by atoms with Gasteiger partial charge in [0.05, 0.1) is 0 Å². The Morgan fingerprint density at radius 3 is 2.52 bits per heavy atom. The molecule has 0 aromatic heterocycles. The number of rotatable bonds is 8. The Labute approximate surface area is 126 Å². The van der Waals surface area contributed by atoms with Crippen LogP contribution in [0.2, 0.25) is 0 Å². The Kier molecular flexibility index (Phi) is 7.46. The van der Waals surface area contributed by atoms with Crippen LogP contribution in [0, 0.1) is 6.92 Å². The van der Waals surface area contributed by atoms with E-state index < -0.39 is 0 Å². The van der Waals surface area contributed by atoms with Gasteiger partial charge in [-0.05, 0) is 44.0 Å². The summed E-state index contributed by atoms with van der Waals surface area (Å²) in [5.74, 6) is -0.174. The largest absolute Gasteiger partial charge is 0.355 e. The molecule has 0 heterocycles. The van der Waals surface area contributed by atoms with Crippen molar-refractivity contribution in [1.82, 2.24) is 5.32 Å². The molecule has 0 bridgehead atoms. The van der Waals surface area contributed by atoms with Crippen LogP contribution in [0.5, 0.6) is 0 Å². The van der Waals surface area contributed by atoms with Crippen LogP contribution in [-0.4, -0.2) is 25.4 Å². The first kappa shape index (κ1) is 17.2. The molecule has 0 aliphatic rings. The standard InChI is InChI=1S/C16H25N3O2/c1-12-8-9-13(16(21)18-2)11-14(12)19-15(20)7-5-3-4-6-10-17/h8-9,11H,3-7,10,17H2,1-2H3,(H,18,21)(H,19,20). The highest BCUT2D eigenvalue weighted by molar-refractivity contribution is 5.97. The first-order valence-corrected chi connectivity index (χ1v) is 7.41. The minimum Gasteiger partial charge on any atom is -0.355 e. The zero-order valence-corrected chi connectivity index (χ0v) is 12.9. The molecule has 0 atom stereocenters. The van der Waals surface area contributed by atoms with Crippen molar-refractivity contribution in [2.75, 3.05) is 18.9 Å². The molecule has 1 aromatic carbocycles. The summed E-state index contributed by atoms with van der Waals surface area (Å²) < 4.78 is 0. The van der Waals surface area contributed by atoms with Crippen LogP contribution in [0.15, 0.2) is 18.2 Å². The third-order valence-corrected chi connectivity index (χ3v) is 3.36. The van der Waals surface area contributed by atoms with Gasteiger partial charge >= 0.3 is 0 Å². The Hall–Kier alpha value is -1.88. The van der Waals surface area contributed by atoms with Crippen molar-refractivity contribution in [1.29, 1.82) is 0 Å². The highest BCUT2D eigenvalue weighted by Gasteiger charge is 2.09. The Morgan fingerprint density at radius 2 is 1.86 bits per heavy atom. The van der Waals surface area contributed by atoms with Crippen LogP contribution in [-0.2, 0) is 4.79 Å². The molecule has 116 valence electrons. The van der Waals surface area contributed by atoms with Crippen LogP contribution in [0.1, 0.15) is 48.0 Å². The Bertz CT molecular complexity index is 486. The minimum absolute atomic E-state index is 0.0140. The fourth-order valence-electron chi connectivity index (χ4n) is 2.04. The molecule has 2 amide bonds. The van der Waals surface area contributed by atoms with Gasteiger partial charge in [0, 0.05) is 24.7 Å². The number of anilines is 1. The molecular formula is C16H25N3O2. The maximum absolute atomic E-state index is 11.9.